The monoisotopic (exact) mass is 411 g/mol. The summed E-state index contributed by atoms with van der Waals surface area (Å²) in [6, 6.07) is 28.9. The fraction of sp³-hybridized carbons (Fsp3) is 0.100. The molecule has 0 N–H and O–H groups in total. The van der Waals surface area contributed by atoms with Crippen LogP contribution in [0.25, 0.3) is 60.1 Å². The Labute approximate surface area is 186 Å². The van der Waals surface area contributed by atoms with Crippen LogP contribution in [0.2, 0.25) is 0 Å². The van der Waals surface area contributed by atoms with E-state index in [0.717, 1.165) is 0 Å². The summed E-state index contributed by atoms with van der Waals surface area (Å²) in [5.41, 5.74) is 10.4. The third-order valence-electron chi connectivity index (χ3n) is 7.30. The standard InChI is InChI=1S/C30H23N2/c1-18-16-24-23-13-12-22(20-8-5-4-6-9-20)17-26(23)32-25-11-7-10-21-14-15-31(3)30(28(21)25)27(19(18)2)29(24)32/h4-17H,1-3H3/q+1. The van der Waals surface area contributed by atoms with Crippen LogP contribution >= 0.6 is 0 Å². The van der Waals surface area contributed by atoms with Crippen LogP contribution in [0.3, 0.4) is 0 Å². The quantitative estimate of drug-likeness (QED) is 0.155. The maximum absolute atomic E-state index is 2.51. The van der Waals surface area contributed by atoms with Gasteiger partial charge in [-0.1, -0.05) is 54.6 Å². The lowest BCUT2D eigenvalue weighted by Gasteiger charge is -2.14. The summed E-state index contributed by atoms with van der Waals surface area (Å²) >= 11 is 0. The Balaban J connectivity index is 1.82. The molecular formula is C30H23N2+. The van der Waals surface area contributed by atoms with Crippen molar-refractivity contribution in [3.05, 3.63) is 96.2 Å². The predicted octanol–water partition coefficient (Wildman–Crippen LogP) is 7.10. The Morgan fingerprint density at radius 1 is 0.688 bits per heavy atom. The highest BCUT2D eigenvalue weighted by atomic mass is 15.0. The number of aromatic nitrogens is 2. The molecule has 0 aliphatic heterocycles. The molecule has 0 atom stereocenters. The summed E-state index contributed by atoms with van der Waals surface area (Å²) in [6.07, 6.45) is 2.20. The molecule has 4 aromatic carbocycles. The van der Waals surface area contributed by atoms with Crippen LogP contribution in [0.15, 0.2) is 85.1 Å². The van der Waals surface area contributed by atoms with Gasteiger partial charge in [0.2, 0.25) is 5.52 Å². The minimum Gasteiger partial charge on any atom is -0.307 e. The SMILES string of the molecule is Cc1cc2c3ccc(-c4ccccc4)cc3n3c4cccc5cc[n+](C)c(c(c1C)c23)c54. The number of nitrogens with zero attached hydrogens (tertiary/aromatic N) is 2. The summed E-state index contributed by atoms with van der Waals surface area (Å²) < 4.78 is 4.80. The Kier molecular flexibility index (Phi) is 3.37. The Morgan fingerprint density at radius 3 is 2.38 bits per heavy atom. The average Bonchev–Trinajstić information content (AvgIpc) is 3.14. The molecule has 0 radical (unpaired) electrons. The molecule has 32 heavy (non-hydrogen) atoms. The minimum absolute atomic E-state index is 1.25. The highest BCUT2D eigenvalue weighted by molar-refractivity contribution is 6.26. The molecule has 0 amide bonds. The largest absolute Gasteiger partial charge is 0.307 e. The lowest BCUT2D eigenvalue weighted by Crippen LogP contribution is -2.29. The maximum Gasteiger partial charge on any atom is 0.224 e. The summed E-state index contributed by atoms with van der Waals surface area (Å²) in [7, 11) is 2.17. The predicted molar refractivity (Wildman–Crippen MR) is 135 cm³/mol. The highest BCUT2D eigenvalue weighted by Crippen LogP contribution is 2.42. The summed E-state index contributed by atoms with van der Waals surface area (Å²) in [6.45, 7) is 4.52. The minimum atomic E-state index is 1.25. The second-order valence-corrected chi connectivity index (χ2v) is 9.04. The van der Waals surface area contributed by atoms with Gasteiger partial charge in [-0.25, -0.2) is 4.57 Å². The van der Waals surface area contributed by atoms with Gasteiger partial charge in [-0.15, -0.1) is 0 Å². The Morgan fingerprint density at radius 2 is 1.53 bits per heavy atom. The second kappa shape index (κ2) is 6.08. The van der Waals surface area contributed by atoms with Gasteiger partial charge in [-0.3, -0.25) is 0 Å². The van der Waals surface area contributed by atoms with Crippen molar-refractivity contribution in [1.29, 1.82) is 0 Å². The van der Waals surface area contributed by atoms with Crippen molar-refractivity contribution in [3.8, 4) is 11.1 Å². The number of aryl methyl sites for hydroxylation is 3. The van der Waals surface area contributed by atoms with Crippen molar-refractivity contribution in [3.63, 3.8) is 0 Å². The van der Waals surface area contributed by atoms with E-state index in [2.05, 4.69) is 115 Å². The van der Waals surface area contributed by atoms with Crippen molar-refractivity contribution >= 4 is 49.0 Å². The third kappa shape index (κ3) is 2.12. The third-order valence-corrected chi connectivity index (χ3v) is 7.30. The zero-order valence-corrected chi connectivity index (χ0v) is 18.5. The van der Waals surface area contributed by atoms with Gasteiger partial charge in [0.15, 0.2) is 6.20 Å². The molecule has 3 aromatic heterocycles. The fourth-order valence-electron chi connectivity index (χ4n) is 5.64. The molecule has 0 aliphatic carbocycles. The lowest BCUT2D eigenvalue weighted by molar-refractivity contribution is -0.643. The lowest BCUT2D eigenvalue weighted by atomic mass is 9.96. The molecule has 0 unspecified atom stereocenters. The summed E-state index contributed by atoms with van der Waals surface area (Å²) in [4.78, 5) is 0. The number of hydrogen-bond acceptors (Lipinski definition) is 0. The molecule has 0 saturated carbocycles. The van der Waals surface area contributed by atoms with Gasteiger partial charge in [0, 0.05) is 16.8 Å². The molecule has 0 bridgehead atoms. The number of pyridine rings is 2. The number of hydrogen-bond donors (Lipinski definition) is 0. The molecule has 3 heterocycles. The molecule has 7 aromatic rings. The van der Waals surface area contributed by atoms with E-state index in [1.165, 1.54) is 71.3 Å². The van der Waals surface area contributed by atoms with E-state index in [1.807, 2.05) is 0 Å². The molecule has 2 nitrogen and oxygen atoms in total. The Hall–Kier alpha value is -3.91. The van der Waals surface area contributed by atoms with Crippen LogP contribution in [-0.4, -0.2) is 4.40 Å². The molecule has 152 valence electrons. The first-order chi connectivity index (χ1) is 15.6. The summed E-state index contributed by atoms with van der Waals surface area (Å²) in [5.74, 6) is 0. The number of fused-ring (bicyclic) bond motifs is 5. The first-order valence-electron chi connectivity index (χ1n) is 11.2. The van der Waals surface area contributed by atoms with Gasteiger partial charge in [-0.2, -0.15) is 0 Å². The van der Waals surface area contributed by atoms with Gasteiger partial charge in [-0.05, 0) is 59.7 Å². The molecule has 0 spiro atoms. The van der Waals surface area contributed by atoms with Gasteiger partial charge in [0.1, 0.15) is 7.05 Å². The topological polar surface area (TPSA) is 8.29 Å². The second-order valence-electron chi connectivity index (χ2n) is 9.04. The molecule has 0 saturated heterocycles. The highest BCUT2D eigenvalue weighted by Gasteiger charge is 2.24. The molecule has 0 aliphatic rings. The smallest absolute Gasteiger partial charge is 0.224 e. The average molecular weight is 412 g/mol. The first kappa shape index (κ1) is 17.7. The molecule has 0 fully saturated rings. The van der Waals surface area contributed by atoms with E-state index >= 15 is 0 Å². The first-order valence-corrected chi connectivity index (χ1v) is 11.2. The van der Waals surface area contributed by atoms with Crippen LogP contribution in [0.1, 0.15) is 11.1 Å². The molecule has 2 heteroatoms. The van der Waals surface area contributed by atoms with E-state index in [9.17, 15) is 0 Å². The zero-order valence-electron chi connectivity index (χ0n) is 18.5. The fourth-order valence-corrected chi connectivity index (χ4v) is 5.64. The van der Waals surface area contributed by atoms with Crippen LogP contribution in [0.5, 0.6) is 0 Å². The van der Waals surface area contributed by atoms with Crippen LogP contribution in [-0.2, 0) is 7.05 Å². The van der Waals surface area contributed by atoms with Crippen LogP contribution < -0.4 is 4.57 Å². The summed E-state index contributed by atoms with van der Waals surface area (Å²) in [5, 5.41) is 6.64. The van der Waals surface area contributed by atoms with Crippen molar-refractivity contribution in [2.75, 3.05) is 0 Å². The van der Waals surface area contributed by atoms with Crippen molar-refractivity contribution in [2.45, 2.75) is 13.8 Å². The van der Waals surface area contributed by atoms with E-state index < -0.39 is 0 Å². The van der Waals surface area contributed by atoms with Gasteiger partial charge in [0.25, 0.3) is 0 Å². The molecular weight excluding hydrogens is 388 g/mol. The van der Waals surface area contributed by atoms with Crippen LogP contribution in [0.4, 0.5) is 0 Å². The van der Waals surface area contributed by atoms with Crippen molar-refractivity contribution in [1.82, 2.24) is 4.40 Å². The van der Waals surface area contributed by atoms with E-state index in [0.29, 0.717) is 0 Å². The zero-order chi connectivity index (χ0) is 21.6. The van der Waals surface area contributed by atoms with Gasteiger partial charge < -0.3 is 4.40 Å². The van der Waals surface area contributed by atoms with E-state index in [1.54, 1.807) is 0 Å². The van der Waals surface area contributed by atoms with E-state index in [-0.39, 0.29) is 0 Å². The van der Waals surface area contributed by atoms with Gasteiger partial charge in [0.05, 0.1) is 27.3 Å². The van der Waals surface area contributed by atoms with Gasteiger partial charge >= 0.3 is 0 Å². The van der Waals surface area contributed by atoms with Crippen molar-refractivity contribution in [2.24, 2.45) is 7.05 Å². The van der Waals surface area contributed by atoms with Crippen molar-refractivity contribution < 1.29 is 4.57 Å². The van der Waals surface area contributed by atoms with E-state index in [4.69, 9.17) is 0 Å². The number of rotatable bonds is 1. The maximum atomic E-state index is 2.51. The number of benzene rings is 4. The molecule has 7 rings (SSSR count). The normalized spacial score (nSPS) is 12.2. The Bertz CT molecular complexity index is 1840. The van der Waals surface area contributed by atoms with Crippen LogP contribution in [0, 0.1) is 13.8 Å².